The van der Waals surface area contributed by atoms with Gasteiger partial charge in [-0.15, -0.1) is 0 Å². The first kappa shape index (κ1) is 9.36. The van der Waals surface area contributed by atoms with Gasteiger partial charge in [-0.1, -0.05) is 13.3 Å². The number of hydrogen-bond acceptors (Lipinski definition) is 3. The molecule has 10 heavy (non-hydrogen) atoms. The fourth-order valence-corrected chi connectivity index (χ4v) is 0.712. The molecule has 4 heteroatoms. The summed E-state index contributed by atoms with van der Waals surface area (Å²) in [6, 6.07) is 0. The van der Waals surface area contributed by atoms with Crippen LogP contribution >= 0.6 is 0 Å². The molecule has 4 nitrogen and oxygen atoms in total. The van der Waals surface area contributed by atoms with Crippen LogP contribution in [0.2, 0.25) is 0 Å². The average molecular weight is 147 g/mol. The van der Waals surface area contributed by atoms with E-state index in [2.05, 4.69) is 0 Å². The van der Waals surface area contributed by atoms with Crippen LogP contribution in [0.25, 0.3) is 0 Å². The smallest absolute Gasteiger partial charge is 0.204 e. The average Bonchev–Trinajstić information content (AvgIpc) is 1.90. The summed E-state index contributed by atoms with van der Waals surface area (Å²) in [5, 5.41) is 18.5. The maximum Gasteiger partial charge on any atom is 0.204 e. The van der Waals surface area contributed by atoms with E-state index >= 15 is 0 Å². The quantitative estimate of drug-likeness (QED) is 0.459. The summed E-state index contributed by atoms with van der Waals surface area (Å²) >= 11 is 0. The van der Waals surface area contributed by atoms with Crippen molar-refractivity contribution in [2.45, 2.75) is 19.8 Å². The Hall–Kier alpha value is -0.640. The Morgan fingerprint density at radius 2 is 2.30 bits per heavy atom. The van der Waals surface area contributed by atoms with Crippen LogP contribution in [-0.2, 0) is 0 Å². The first-order valence-corrected chi connectivity index (χ1v) is 3.43. The molecule has 0 saturated heterocycles. The van der Waals surface area contributed by atoms with E-state index in [9.17, 15) is 10.1 Å². The molecule has 0 rings (SSSR count). The van der Waals surface area contributed by atoms with E-state index in [0.29, 0.717) is 6.42 Å². The number of aliphatic hydroxyl groups excluding tert-OH is 1. The monoisotopic (exact) mass is 147 g/mol. The van der Waals surface area contributed by atoms with Crippen molar-refractivity contribution in [2.75, 3.05) is 13.2 Å². The first-order chi connectivity index (χ1) is 4.70. The Morgan fingerprint density at radius 1 is 1.70 bits per heavy atom. The van der Waals surface area contributed by atoms with Crippen LogP contribution in [0, 0.1) is 16.0 Å². The predicted octanol–water partition coefficient (Wildman–Crippen LogP) is 0.672. The van der Waals surface area contributed by atoms with E-state index in [1.165, 1.54) is 0 Å². The summed E-state index contributed by atoms with van der Waals surface area (Å²) in [6.45, 7) is 1.95. The third-order valence-electron chi connectivity index (χ3n) is 1.56. The molecule has 0 amide bonds. The summed E-state index contributed by atoms with van der Waals surface area (Å²) in [7, 11) is 0. The molecule has 0 saturated carbocycles. The van der Waals surface area contributed by atoms with Crippen LogP contribution in [0.15, 0.2) is 0 Å². The molecule has 0 aromatic carbocycles. The van der Waals surface area contributed by atoms with E-state index in [-0.39, 0.29) is 24.0 Å². The normalized spacial score (nSPS) is 13.0. The molecule has 0 aliphatic heterocycles. The second-order valence-corrected chi connectivity index (χ2v) is 2.30. The van der Waals surface area contributed by atoms with Gasteiger partial charge in [0.2, 0.25) is 6.54 Å². The molecule has 0 radical (unpaired) electrons. The van der Waals surface area contributed by atoms with Crippen molar-refractivity contribution in [1.82, 2.24) is 0 Å². The van der Waals surface area contributed by atoms with E-state index in [1.807, 2.05) is 6.92 Å². The lowest BCUT2D eigenvalue weighted by molar-refractivity contribution is -0.481. The van der Waals surface area contributed by atoms with E-state index in [4.69, 9.17) is 5.11 Å². The molecule has 0 spiro atoms. The Labute approximate surface area is 60.0 Å². The largest absolute Gasteiger partial charge is 0.396 e. The SMILES string of the molecule is CC[C@@H](CO)CC[N+](=O)[O-]. The number of nitro groups is 1. The second-order valence-electron chi connectivity index (χ2n) is 2.30. The zero-order chi connectivity index (χ0) is 7.98. The highest BCUT2D eigenvalue weighted by molar-refractivity contribution is 4.52. The van der Waals surface area contributed by atoms with Crippen molar-refractivity contribution >= 4 is 0 Å². The second kappa shape index (κ2) is 5.17. The zero-order valence-corrected chi connectivity index (χ0v) is 6.12. The van der Waals surface area contributed by atoms with Crippen LogP contribution in [-0.4, -0.2) is 23.2 Å². The minimum absolute atomic E-state index is 0.0287. The van der Waals surface area contributed by atoms with Crippen molar-refractivity contribution in [3.63, 3.8) is 0 Å². The van der Waals surface area contributed by atoms with Gasteiger partial charge in [0.05, 0.1) is 0 Å². The Morgan fingerprint density at radius 3 is 2.60 bits per heavy atom. The lowest BCUT2D eigenvalue weighted by Gasteiger charge is -2.06. The fourth-order valence-electron chi connectivity index (χ4n) is 0.712. The molecule has 0 aliphatic rings. The first-order valence-electron chi connectivity index (χ1n) is 3.43. The highest BCUT2D eigenvalue weighted by Gasteiger charge is 2.07. The van der Waals surface area contributed by atoms with Crippen molar-refractivity contribution in [3.8, 4) is 0 Å². The number of rotatable bonds is 5. The van der Waals surface area contributed by atoms with E-state index in [1.54, 1.807) is 0 Å². The van der Waals surface area contributed by atoms with Crippen LogP contribution in [0.1, 0.15) is 19.8 Å². The highest BCUT2D eigenvalue weighted by atomic mass is 16.6. The topological polar surface area (TPSA) is 63.4 Å². The number of aliphatic hydroxyl groups is 1. The highest BCUT2D eigenvalue weighted by Crippen LogP contribution is 2.05. The van der Waals surface area contributed by atoms with Gasteiger partial charge in [0.25, 0.3) is 0 Å². The minimum atomic E-state index is -0.349. The molecule has 0 heterocycles. The third kappa shape index (κ3) is 4.26. The van der Waals surface area contributed by atoms with Gasteiger partial charge in [0, 0.05) is 18.0 Å². The van der Waals surface area contributed by atoms with Gasteiger partial charge in [-0.3, -0.25) is 10.1 Å². The molecule has 0 aliphatic carbocycles. The van der Waals surface area contributed by atoms with E-state index < -0.39 is 0 Å². The lowest BCUT2D eigenvalue weighted by Crippen LogP contribution is -2.11. The fraction of sp³-hybridized carbons (Fsp3) is 1.00. The molecule has 0 bridgehead atoms. The molecule has 0 aromatic heterocycles. The van der Waals surface area contributed by atoms with Gasteiger partial charge in [-0.2, -0.15) is 0 Å². The lowest BCUT2D eigenvalue weighted by atomic mass is 10.0. The standard InChI is InChI=1S/C6H13NO3/c1-2-6(5-8)3-4-7(9)10/h6,8H,2-5H2,1H3/t6-/m1/s1. The van der Waals surface area contributed by atoms with E-state index in [0.717, 1.165) is 6.42 Å². The Kier molecular flexibility index (Phi) is 4.84. The van der Waals surface area contributed by atoms with Gasteiger partial charge in [-0.25, -0.2) is 0 Å². The molecule has 1 N–H and O–H groups in total. The molecule has 0 unspecified atom stereocenters. The Balaban J connectivity index is 3.34. The molecule has 60 valence electrons. The van der Waals surface area contributed by atoms with Gasteiger partial charge in [-0.05, 0) is 5.92 Å². The number of hydrogen-bond donors (Lipinski definition) is 1. The molecule has 1 atom stereocenters. The summed E-state index contributed by atoms with van der Waals surface area (Å²) in [4.78, 5) is 9.51. The summed E-state index contributed by atoms with van der Waals surface area (Å²) < 4.78 is 0. The maximum absolute atomic E-state index is 9.86. The van der Waals surface area contributed by atoms with Gasteiger partial charge >= 0.3 is 0 Å². The third-order valence-corrected chi connectivity index (χ3v) is 1.56. The van der Waals surface area contributed by atoms with Crippen molar-refractivity contribution in [2.24, 2.45) is 5.92 Å². The summed E-state index contributed by atoms with van der Waals surface area (Å²) in [6.07, 6.45) is 1.30. The molecule has 0 aromatic rings. The van der Waals surface area contributed by atoms with Crippen molar-refractivity contribution in [1.29, 1.82) is 0 Å². The summed E-state index contributed by atoms with van der Waals surface area (Å²) in [5.41, 5.74) is 0. The Bertz CT molecular complexity index is 101. The van der Waals surface area contributed by atoms with Crippen molar-refractivity contribution in [3.05, 3.63) is 10.1 Å². The zero-order valence-electron chi connectivity index (χ0n) is 6.12. The minimum Gasteiger partial charge on any atom is -0.396 e. The molecule has 0 fully saturated rings. The van der Waals surface area contributed by atoms with Gasteiger partial charge in [0.15, 0.2) is 0 Å². The van der Waals surface area contributed by atoms with Crippen molar-refractivity contribution < 1.29 is 10.0 Å². The van der Waals surface area contributed by atoms with Crippen LogP contribution in [0.3, 0.4) is 0 Å². The van der Waals surface area contributed by atoms with Gasteiger partial charge < -0.3 is 5.11 Å². The van der Waals surface area contributed by atoms with Gasteiger partial charge in [0.1, 0.15) is 0 Å². The molecular weight excluding hydrogens is 134 g/mol. The maximum atomic E-state index is 9.86. The van der Waals surface area contributed by atoms with Crippen LogP contribution in [0.5, 0.6) is 0 Å². The van der Waals surface area contributed by atoms with Crippen LogP contribution < -0.4 is 0 Å². The molecular formula is C6H13NO3. The predicted molar refractivity (Wildman–Crippen MR) is 37.3 cm³/mol. The van der Waals surface area contributed by atoms with Crippen LogP contribution in [0.4, 0.5) is 0 Å². The summed E-state index contributed by atoms with van der Waals surface area (Å²) in [5.74, 6) is 0.102. The number of nitrogens with zero attached hydrogens (tertiary/aromatic N) is 1.